The van der Waals surface area contributed by atoms with Crippen molar-refractivity contribution in [1.29, 1.82) is 5.26 Å². The molecule has 2 fully saturated rings. The highest BCUT2D eigenvalue weighted by Gasteiger charge is 2.38. The van der Waals surface area contributed by atoms with Gasteiger partial charge in [0.25, 0.3) is 0 Å². The lowest BCUT2D eigenvalue weighted by molar-refractivity contribution is 0.324. The Morgan fingerprint density at radius 3 is 2.50 bits per heavy atom. The number of nitrogens with one attached hydrogen (secondary N) is 1. The van der Waals surface area contributed by atoms with Crippen molar-refractivity contribution >= 4 is 29.0 Å². The highest BCUT2D eigenvalue weighted by molar-refractivity contribution is 7.99. The van der Waals surface area contributed by atoms with E-state index in [0.29, 0.717) is 11.3 Å². The second kappa shape index (κ2) is 7.25. The number of aromatic nitrogens is 4. The lowest BCUT2D eigenvalue weighted by Gasteiger charge is -2.36. The average Bonchev–Trinajstić information content (AvgIpc) is 3.12. The molecule has 0 bridgehead atoms. The number of nitriles is 1. The molecule has 1 aliphatic carbocycles. The second-order valence-electron chi connectivity index (χ2n) is 8.76. The van der Waals surface area contributed by atoms with Crippen molar-refractivity contribution in [2.75, 3.05) is 18.0 Å². The van der Waals surface area contributed by atoms with Gasteiger partial charge in [-0.15, -0.1) is 0 Å². The van der Waals surface area contributed by atoms with Gasteiger partial charge in [-0.2, -0.15) is 10.2 Å². The van der Waals surface area contributed by atoms with Crippen LogP contribution in [-0.2, 0) is 5.41 Å². The van der Waals surface area contributed by atoms with Crippen LogP contribution in [0.3, 0.4) is 0 Å². The number of anilines is 1. The fourth-order valence-corrected chi connectivity index (χ4v) is 4.91. The Kier molecular flexibility index (Phi) is 4.68. The smallest absolute Gasteiger partial charge is 0.206 e. The van der Waals surface area contributed by atoms with Crippen LogP contribution in [0.4, 0.5) is 5.95 Å². The van der Waals surface area contributed by atoms with Gasteiger partial charge >= 0.3 is 0 Å². The summed E-state index contributed by atoms with van der Waals surface area (Å²) in [5, 5.41) is 10.3. The molecule has 5 rings (SSSR count). The summed E-state index contributed by atoms with van der Waals surface area (Å²) in [7, 11) is 0. The number of piperidine rings is 1. The van der Waals surface area contributed by atoms with E-state index in [-0.39, 0.29) is 11.0 Å². The van der Waals surface area contributed by atoms with Crippen LogP contribution in [0.2, 0.25) is 0 Å². The molecule has 7 nitrogen and oxygen atoms in total. The topological polar surface area (TPSA) is 108 Å². The highest BCUT2D eigenvalue weighted by atomic mass is 32.2. The molecule has 0 unspecified atom stereocenters. The Morgan fingerprint density at radius 2 is 1.87 bits per heavy atom. The van der Waals surface area contributed by atoms with Crippen molar-refractivity contribution < 1.29 is 0 Å². The van der Waals surface area contributed by atoms with Crippen LogP contribution in [-0.4, -0.2) is 38.6 Å². The van der Waals surface area contributed by atoms with Crippen LogP contribution in [0.15, 0.2) is 40.4 Å². The van der Waals surface area contributed by atoms with Crippen molar-refractivity contribution in [3.63, 3.8) is 0 Å². The molecule has 1 aromatic carbocycles. The fourth-order valence-electron chi connectivity index (χ4n) is 4.15. The van der Waals surface area contributed by atoms with E-state index in [2.05, 4.69) is 57.1 Å². The first kappa shape index (κ1) is 19.3. The minimum atomic E-state index is -0.274. The van der Waals surface area contributed by atoms with Crippen LogP contribution < -0.4 is 10.6 Å². The molecule has 8 heteroatoms. The number of nitrogens with two attached hydrogens (primary N) is 1. The molecule has 2 aromatic heterocycles. The number of fused-ring (bicyclic) bond motifs is 1. The number of nitrogens with zero attached hydrogens (tertiary/aromatic N) is 5. The number of benzene rings is 1. The van der Waals surface area contributed by atoms with Gasteiger partial charge in [0.05, 0.1) is 17.7 Å². The summed E-state index contributed by atoms with van der Waals surface area (Å²) >= 11 is 1.57. The van der Waals surface area contributed by atoms with Crippen LogP contribution in [0.25, 0.3) is 11.3 Å². The average molecular weight is 420 g/mol. The fraction of sp³-hybridized carbons (Fsp3) is 0.455. The molecule has 1 aliphatic heterocycles. The van der Waals surface area contributed by atoms with E-state index >= 15 is 0 Å². The van der Waals surface area contributed by atoms with Crippen molar-refractivity contribution in [3.05, 3.63) is 36.0 Å². The summed E-state index contributed by atoms with van der Waals surface area (Å²) in [6.45, 7) is 3.87. The molecule has 3 heterocycles. The van der Waals surface area contributed by atoms with Crippen molar-refractivity contribution in [1.82, 2.24) is 19.9 Å². The number of rotatable bonds is 4. The monoisotopic (exact) mass is 419 g/mol. The molecule has 0 radical (unpaired) electrons. The van der Waals surface area contributed by atoms with Crippen LogP contribution >= 0.6 is 11.8 Å². The summed E-state index contributed by atoms with van der Waals surface area (Å²) < 4.78 is 0. The molecular formula is C22H25N7S. The molecule has 154 valence electrons. The molecule has 3 N–H and O–H groups in total. The van der Waals surface area contributed by atoms with E-state index in [9.17, 15) is 5.26 Å². The van der Waals surface area contributed by atoms with Gasteiger partial charge in [0.2, 0.25) is 5.95 Å². The van der Waals surface area contributed by atoms with Crippen LogP contribution in [0.5, 0.6) is 0 Å². The molecule has 1 saturated heterocycles. The molecule has 0 spiro atoms. The van der Waals surface area contributed by atoms with E-state index in [1.165, 1.54) is 0 Å². The molecule has 30 heavy (non-hydrogen) atoms. The molecule has 2 aliphatic rings. The number of H-pyrrole nitrogens is 1. The zero-order valence-corrected chi connectivity index (χ0v) is 17.9. The predicted octanol–water partition coefficient (Wildman–Crippen LogP) is 3.77. The Balaban J connectivity index is 1.31. The maximum absolute atomic E-state index is 9.52. The lowest BCUT2D eigenvalue weighted by Crippen LogP contribution is -2.48. The van der Waals surface area contributed by atoms with E-state index in [1.807, 2.05) is 0 Å². The van der Waals surface area contributed by atoms with Crippen molar-refractivity contribution in [3.8, 4) is 6.07 Å². The summed E-state index contributed by atoms with van der Waals surface area (Å²) in [5.41, 5.74) is 8.32. The summed E-state index contributed by atoms with van der Waals surface area (Å²) in [4.78, 5) is 20.4. The number of hydrogen-bond acceptors (Lipinski definition) is 7. The zero-order chi connectivity index (χ0) is 20.8. The van der Waals surface area contributed by atoms with Gasteiger partial charge in [-0.05, 0) is 56.7 Å². The summed E-state index contributed by atoms with van der Waals surface area (Å²) in [5.74, 6) is 0.814. The van der Waals surface area contributed by atoms with Gasteiger partial charge in [0.1, 0.15) is 5.03 Å². The van der Waals surface area contributed by atoms with Gasteiger partial charge in [0.15, 0.2) is 11.3 Å². The Morgan fingerprint density at radius 1 is 1.13 bits per heavy atom. The van der Waals surface area contributed by atoms with Crippen molar-refractivity contribution in [2.24, 2.45) is 5.73 Å². The minimum Gasteiger partial charge on any atom is -0.342 e. The number of aromatic amines is 1. The predicted molar refractivity (Wildman–Crippen MR) is 117 cm³/mol. The third-order valence-electron chi connectivity index (χ3n) is 6.43. The van der Waals surface area contributed by atoms with Gasteiger partial charge in [-0.1, -0.05) is 23.9 Å². The van der Waals surface area contributed by atoms with Gasteiger partial charge in [-0.3, -0.25) is 0 Å². The third kappa shape index (κ3) is 3.53. The Bertz CT molecular complexity index is 1100. The SMILES string of the molecule is CC1(N)CCN(c2nc3ncc(Sc4ccc(C5(C#N)CCC5)cc4)nc3[nH]2)CC1. The molecule has 3 aromatic rings. The van der Waals surface area contributed by atoms with Crippen LogP contribution in [0.1, 0.15) is 44.6 Å². The molecule has 0 atom stereocenters. The van der Waals surface area contributed by atoms with Gasteiger partial charge in [-0.25, -0.2) is 9.97 Å². The maximum atomic E-state index is 9.52. The first-order chi connectivity index (χ1) is 14.5. The first-order valence-corrected chi connectivity index (χ1v) is 11.2. The van der Waals surface area contributed by atoms with E-state index in [4.69, 9.17) is 10.7 Å². The normalized spacial score (nSPS) is 20.0. The zero-order valence-electron chi connectivity index (χ0n) is 17.1. The van der Waals surface area contributed by atoms with Crippen molar-refractivity contribution in [2.45, 2.75) is 59.9 Å². The standard InChI is InChI=1S/C22H25N7S/c1-21(24)9-11-29(12-10-21)20-27-18-19(28-20)26-17(13-25-18)30-16-5-3-15(4-6-16)22(14-23)7-2-8-22/h3-6,13H,2,7-12,24H2,1H3,(H,25,26,27,28). The van der Waals surface area contributed by atoms with Gasteiger partial charge < -0.3 is 15.6 Å². The van der Waals surface area contributed by atoms with E-state index in [1.54, 1.807) is 18.0 Å². The summed E-state index contributed by atoms with van der Waals surface area (Å²) in [6, 6.07) is 10.8. The molecule has 1 saturated carbocycles. The van der Waals surface area contributed by atoms with Crippen LogP contribution in [0, 0.1) is 11.3 Å². The number of imidazole rings is 1. The summed E-state index contributed by atoms with van der Waals surface area (Å²) in [6.07, 6.45) is 6.70. The number of hydrogen-bond donors (Lipinski definition) is 2. The van der Waals surface area contributed by atoms with E-state index in [0.717, 1.165) is 66.6 Å². The van der Waals surface area contributed by atoms with Gasteiger partial charge in [0, 0.05) is 23.5 Å². The third-order valence-corrected chi connectivity index (χ3v) is 7.34. The Hall–Kier alpha value is -2.63. The Labute approximate surface area is 180 Å². The molecular weight excluding hydrogens is 394 g/mol. The minimum absolute atomic E-state index is 0.0934. The molecule has 0 amide bonds. The first-order valence-electron chi connectivity index (χ1n) is 10.4. The quantitative estimate of drug-likeness (QED) is 0.663. The highest BCUT2D eigenvalue weighted by Crippen LogP contribution is 2.43. The maximum Gasteiger partial charge on any atom is 0.206 e. The van der Waals surface area contributed by atoms with E-state index < -0.39 is 0 Å². The second-order valence-corrected chi connectivity index (χ2v) is 9.85. The lowest BCUT2D eigenvalue weighted by atomic mass is 9.66. The largest absolute Gasteiger partial charge is 0.342 e.